The van der Waals surface area contributed by atoms with Crippen LogP contribution in [0, 0.1) is 26.7 Å². The average molecular weight is 405 g/mol. The first-order valence-corrected chi connectivity index (χ1v) is 9.97. The van der Waals surface area contributed by atoms with Gasteiger partial charge < -0.3 is 10.6 Å². The second-order valence-electron chi connectivity index (χ2n) is 8.03. The number of likely N-dealkylation sites (tertiary alicyclic amines) is 1. The van der Waals surface area contributed by atoms with Gasteiger partial charge in [0.2, 0.25) is 5.91 Å². The Morgan fingerprint density at radius 2 is 1.89 bits per heavy atom. The minimum atomic E-state index is 0. The van der Waals surface area contributed by atoms with Crippen LogP contribution in [0.1, 0.15) is 47.8 Å². The Balaban J connectivity index is 0.00000280. The van der Waals surface area contributed by atoms with Crippen LogP contribution in [-0.4, -0.2) is 39.7 Å². The molecule has 0 bridgehead atoms. The smallest absolute Gasteiger partial charge is 0.223 e. The molecular formula is C22H33ClN4O. The number of nitrogens with two attached hydrogens (primary N) is 1. The zero-order valence-corrected chi connectivity index (χ0v) is 18.3. The van der Waals surface area contributed by atoms with Crippen LogP contribution in [-0.2, 0) is 17.8 Å². The summed E-state index contributed by atoms with van der Waals surface area (Å²) in [5.41, 5.74) is 11.7. The van der Waals surface area contributed by atoms with Gasteiger partial charge in [0.25, 0.3) is 0 Å². The van der Waals surface area contributed by atoms with Crippen molar-refractivity contribution < 1.29 is 4.79 Å². The molecule has 28 heavy (non-hydrogen) atoms. The lowest BCUT2D eigenvalue weighted by Gasteiger charge is -2.21. The van der Waals surface area contributed by atoms with E-state index in [4.69, 9.17) is 10.8 Å². The Labute approximate surface area is 174 Å². The summed E-state index contributed by atoms with van der Waals surface area (Å²) >= 11 is 0. The highest BCUT2D eigenvalue weighted by molar-refractivity contribution is 5.85. The summed E-state index contributed by atoms with van der Waals surface area (Å²) in [4.78, 5) is 14.7. The molecule has 1 fully saturated rings. The van der Waals surface area contributed by atoms with Crippen molar-refractivity contribution in [3.63, 3.8) is 0 Å². The highest BCUT2D eigenvalue weighted by Crippen LogP contribution is 2.24. The maximum absolute atomic E-state index is 12.7. The predicted octanol–water partition coefficient (Wildman–Crippen LogP) is 3.41. The molecule has 1 amide bonds. The van der Waals surface area contributed by atoms with Crippen molar-refractivity contribution in [3.05, 3.63) is 52.3 Å². The van der Waals surface area contributed by atoms with E-state index >= 15 is 0 Å². The van der Waals surface area contributed by atoms with Gasteiger partial charge in [0.15, 0.2) is 0 Å². The van der Waals surface area contributed by atoms with Crippen molar-refractivity contribution in [2.45, 2.75) is 59.5 Å². The number of rotatable bonds is 6. The predicted molar refractivity (Wildman–Crippen MR) is 116 cm³/mol. The maximum Gasteiger partial charge on any atom is 0.223 e. The van der Waals surface area contributed by atoms with Crippen LogP contribution in [0.3, 0.4) is 0 Å². The Bertz CT molecular complexity index is 800. The van der Waals surface area contributed by atoms with Gasteiger partial charge in [0.1, 0.15) is 0 Å². The molecule has 5 nitrogen and oxygen atoms in total. The van der Waals surface area contributed by atoms with E-state index in [-0.39, 0.29) is 18.3 Å². The number of benzene rings is 1. The molecule has 2 heterocycles. The second-order valence-corrected chi connectivity index (χ2v) is 8.03. The van der Waals surface area contributed by atoms with Gasteiger partial charge in [-0.25, -0.2) is 0 Å². The molecule has 6 heteroatoms. The van der Waals surface area contributed by atoms with E-state index in [1.54, 1.807) is 0 Å². The first-order chi connectivity index (χ1) is 12.9. The monoisotopic (exact) mass is 404 g/mol. The third kappa shape index (κ3) is 4.95. The molecule has 2 atom stereocenters. The largest absolute Gasteiger partial charge is 0.340 e. The van der Waals surface area contributed by atoms with Gasteiger partial charge in [0.05, 0.1) is 12.2 Å². The molecule has 0 radical (unpaired) electrons. The fraction of sp³-hybridized carbons (Fsp3) is 0.545. The van der Waals surface area contributed by atoms with E-state index in [1.165, 1.54) is 16.7 Å². The average Bonchev–Trinajstić information content (AvgIpc) is 3.15. The highest BCUT2D eigenvalue weighted by atomic mass is 35.5. The molecule has 3 rings (SSSR count). The molecule has 2 unspecified atom stereocenters. The molecule has 0 aliphatic carbocycles. The molecule has 1 aromatic carbocycles. The van der Waals surface area contributed by atoms with Crippen LogP contribution >= 0.6 is 12.4 Å². The van der Waals surface area contributed by atoms with Crippen molar-refractivity contribution >= 4 is 18.3 Å². The quantitative estimate of drug-likeness (QED) is 0.802. The molecule has 1 saturated heterocycles. The molecule has 1 aliphatic heterocycles. The Morgan fingerprint density at radius 1 is 1.21 bits per heavy atom. The highest BCUT2D eigenvalue weighted by Gasteiger charge is 2.31. The molecule has 0 spiro atoms. The van der Waals surface area contributed by atoms with Gasteiger partial charge in [-0.3, -0.25) is 9.48 Å². The Kier molecular flexibility index (Phi) is 7.67. The number of hydrogen-bond donors (Lipinski definition) is 1. The first-order valence-electron chi connectivity index (χ1n) is 9.97. The first kappa shape index (κ1) is 22.4. The van der Waals surface area contributed by atoms with Gasteiger partial charge in [-0.05, 0) is 64.1 Å². The van der Waals surface area contributed by atoms with Crippen molar-refractivity contribution in [2.75, 3.05) is 13.1 Å². The second kappa shape index (κ2) is 9.57. The number of nitrogens with zero attached hydrogens (tertiary/aromatic N) is 3. The summed E-state index contributed by atoms with van der Waals surface area (Å²) in [6.45, 7) is 10.6. The molecule has 1 aliphatic rings. The van der Waals surface area contributed by atoms with E-state index in [2.05, 4.69) is 49.7 Å². The number of aryl methyl sites for hydroxylation is 2. The van der Waals surface area contributed by atoms with Crippen molar-refractivity contribution in [1.82, 2.24) is 14.7 Å². The maximum atomic E-state index is 12.7. The topological polar surface area (TPSA) is 64.2 Å². The molecular weight excluding hydrogens is 372 g/mol. The summed E-state index contributed by atoms with van der Waals surface area (Å²) in [7, 11) is 0. The minimum absolute atomic E-state index is 0. The van der Waals surface area contributed by atoms with E-state index in [1.807, 2.05) is 11.8 Å². The zero-order chi connectivity index (χ0) is 19.6. The summed E-state index contributed by atoms with van der Waals surface area (Å²) in [5, 5.41) is 4.72. The third-order valence-corrected chi connectivity index (χ3v) is 5.89. The van der Waals surface area contributed by atoms with Crippen LogP contribution in [0.4, 0.5) is 0 Å². The van der Waals surface area contributed by atoms with Crippen LogP contribution in [0.15, 0.2) is 24.3 Å². The number of carbonyl (C=O) groups is 1. The molecule has 0 saturated carbocycles. The summed E-state index contributed by atoms with van der Waals surface area (Å²) in [5.74, 6) is 0.688. The van der Waals surface area contributed by atoms with Gasteiger partial charge in [0, 0.05) is 24.7 Å². The van der Waals surface area contributed by atoms with Gasteiger partial charge in [-0.15, -0.1) is 12.4 Å². The number of aromatic nitrogens is 2. The molecule has 154 valence electrons. The van der Waals surface area contributed by atoms with E-state index in [9.17, 15) is 4.79 Å². The number of halogens is 1. The van der Waals surface area contributed by atoms with Crippen molar-refractivity contribution in [3.8, 4) is 0 Å². The van der Waals surface area contributed by atoms with Gasteiger partial charge >= 0.3 is 0 Å². The Hall–Kier alpha value is -1.85. The van der Waals surface area contributed by atoms with E-state index in [0.29, 0.717) is 24.9 Å². The van der Waals surface area contributed by atoms with Gasteiger partial charge in [-0.1, -0.05) is 29.8 Å². The standard InChI is InChI=1S/C22H32N4O.ClH/c1-15-5-7-19(8-6-15)14-26-18(4)21(17(3)24-26)9-10-22(27)25-13-20(12-23)11-16(25)2;/h5-8,16,20H,9-14,23H2,1-4H3;1H. The fourth-order valence-corrected chi connectivity index (χ4v) is 4.15. The van der Waals surface area contributed by atoms with E-state index < -0.39 is 0 Å². The van der Waals surface area contributed by atoms with Crippen LogP contribution in [0.5, 0.6) is 0 Å². The number of carbonyl (C=O) groups excluding carboxylic acids is 1. The third-order valence-electron chi connectivity index (χ3n) is 5.89. The lowest BCUT2D eigenvalue weighted by Crippen LogP contribution is -2.34. The van der Waals surface area contributed by atoms with Crippen molar-refractivity contribution in [2.24, 2.45) is 11.7 Å². The number of hydrogen-bond acceptors (Lipinski definition) is 3. The normalized spacial score (nSPS) is 19.0. The molecule has 2 N–H and O–H groups in total. The SMILES string of the molecule is Cc1ccc(Cn2nc(C)c(CCC(=O)N3CC(CN)CC3C)c2C)cc1.Cl. The van der Waals surface area contributed by atoms with Crippen molar-refractivity contribution in [1.29, 1.82) is 0 Å². The van der Waals surface area contributed by atoms with E-state index in [0.717, 1.165) is 37.3 Å². The lowest BCUT2D eigenvalue weighted by molar-refractivity contribution is -0.131. The zero-order valence-electron chi connectivity index (χ0n) is 17.4. The van der Waals surface area contributed by atoms with Crippen LogP contribution in [0.25, 0.3) is 0 Å². The molecule has 1 aromatic heterocycles. The summed E-state index contributed by atoms with van der Waals surface area (Å²) in [6, 6.07) is 8.87. The summed E-state index contributed by atoms with van der Waals surface area (Å²) < 4.78 is 2.06. The van der Waals surface area contributed by atoms with Gasteiger partial charge in [-0.2, -0.15) is 5.10 Å². The summed E-state index contributed by atoms with van der Waals surface area (Å²) in [6.07, 6.45) is 2.31. The minimum Gasteiger partial charge on any atom is -0.340 e. The van der Waals surface area contributed by atoms with Crippen LogP contribution < -0.4 is 5.73 Å². The Morgan fingerprint density at radius 3 is 2.50 bits per heavy atom. The molecule has 2 aromatic rings. The fourth-order valence-electron chi connectivity index (χ4n) is 4.15. The van der Waals surface area contributed by atoms with Crippen LogP contribution in [0.2, 0.25) is 0 Å². The lowest BCUT2D eigenvalue weighted by atomic mass is 10.1. The number of amides is 1.